The van der Waals surface area contributed by atoms with Gasteiger partial charge >= 0.3 is 0 Å². The number of hydrogen-bond acceptors (Lipinski definition) is 3. The first kappa shape index (κ1) is 16.1. The van der Waals surface area contributed by atoms with Gasteiger partial charge in [-0.25, -0.2) is 0 Å². The highest BCUT2D eigenvalue weighted by Gasteiger charge is 2.36. The number of ether oxygens (including phenoxy) is 1. The Balaban J connectivity index is 2.15. The summed E-state index contributed by atoms with van der Waals surface area (Å²) < 4.78 is 8.30. The predicted octanol–water partition coefficient (Wildman–Crippen LogP) is 3.85. The maximum absolute atomic E-state index is 9.90. The third-order valence-corrected chi connectivity index (χ3v) is 6.10. The monoisotopic (exact) mass is 461 g/mol. The van der Waals surface area contributed by atoms with E-state index in [0.29, 0.717) is 21.6 Å². The number of halogens is 4. The van der Waals surface area contributed by atoms with Gasteiger partial charge in [0.1, 0.15) is 17.5 Å². The zero-order valence-electron chi connectivity index (χ0n) is 10.6. The molecule has 4 nitrogen and oxygen atoms in total. The molecule has 2 N–H and O–H groups in total. The number of benzene rings is 1. The second kappa shape index (κ2) is 6.03. The zero-order valence-corrected chi connectivity index (χ0v) is 15.0. The quantitative estimate of drug-likeness (QED) is 0.667. The molecule has 2 heterocycles. The van der Waals surface area contributed by atoms with Gasteiger partial charge in [0.2, 0.25) is 0 Å². The third kappa shape index (κ3) is 2.67. The first-order chi connectivity index (χ1) is 9.93. The molecule has 1 fully saturated rings. The summed E-state index contributed by atoms with van der Waals surface area (Å²) in [6.45, 7) is -0.238. The van der Waals surface area contributed by atoms with Crippen molar-refractivity contribution < 1.29 is 14.9 Å². The second-order valence-corrected chi connectivity index (χ2v) is 7.12. The first-order valence-electron chi connectivity index (χ1n) is 6.22. The van der Waals surface area contributed by atoms with Crippen LogP contribution in [0.2, 0.25) is 15.2 Å². The molecule has 0 bridgehead atoms. The highest BCUT2D eigenvalue weighted by molar-refractivity contribution is 14.1. The number of aromatic nitrogens is 1. The molecule has 0 radical (unpaired) electrons. The van der Waals surface area contributed by atoms with Gasteiger partial charge in [-0.15, -0.1) is 0 Å². The van der Waals surface area contributed by atoms with E-state index in [-0.39, 0.29) is 6.61 Å². The summed E-state index contributed by atoms with van der Waals surface area (Å²) in [7, 11) is 0. The zero-order chi connectivity index (χ0) is 15.3. The highest BCUT2D eigenvalue weighted by atomic mass is 127. The van der Waals surface area contributed by atoms with Crippen LogP contribution in [-0.4, -0.2) is 33.6 Å². The molecule has 0 unspecified atom stereocenters. The molecule has 8 heteroatoms. The van der Waals surface area contributed by atoms with Crippen molar-refractivity contribution in [3.8, 4) is 0 Å². The van der Waals surface area contributed by atoms with Crippen LogP contribution in [0.1, 0.15) is 12.6 Å². The second-order valence-electron chi connectivity index (χ2n) is 4.87. The number of aliphatic hydroxyl groups is 2. The summed E-state index contributed by atoms with van der Waals surface area (Å²) in [5.41, 5.74) is 0.787. The predicted molar refractivity (Wildman–Crippen MR) is 91.3 cm³/mol. The highest BCUT2D eigenvalue weighted by Crippen LogP contribution is 2.41. The van der Waals surface area contributed by atoms with E-state index in [9.17, 15) is 10.2 Å². The van der Waals surface area contributed by atoms with E-state index >= 15 is 0 Å². The largest absolute Gasteiger partial charge is 0.394 e. The van der Waals surface area contributed by atoms with Crippen molar-refractivity contribution in [3.05, 3.63) is 30.9 Å². The number of fused-ring (bicyclic) bond motifs is 1. The van der Waals surface area contributed by atoms with Gasteiger partial charge in [0.15, 0.2) is 0 Å². The van der Waals surface area contributed by atoms with Crippen LogP contribution in [0.4, 0.5) is 0 Å². The third-order valence-electron chi connectivity index (χ3n) is 3.60. The Morgan fingerprint density at radius 3 is 2.57 bits per heavy atom. The van der Waals surface area contributed by atoms with Crippen molar-refractivity contribution in [1.82, 2.24) is 4.57 Å². The fourth-order valence-corrected chi connectivity index (χ4v) is 3.87. The summed E-state index contributed by atoms with van der Waals surface area (Å²) in [6, 6.07) is 3.49. The van der Waals surface area contributed by atoms with E-state index in [1.165, 1.54) is 0 Å². The standard InChI is InChI=1S/C13H11Cl3INO3/c14-6-1-5-8(2-7(6)15)18(13(16)12(5)17)11-3-9(20)10(4-19)21-11/h1-2,9-11,19-20H,3-4H2/t9-,10+,11+/m0/s1. The average molecular weight is 462 g/mol. The average Bonchev–Trinajstić information content (AvgIpc) is 2.91. The topological polar surface area (TPSA) is 54.6 Å². The molecular formula is C13H11Cl3INO3. The van der Waals surface area contributed by atoms with Crippen molar-refractivity contribution in [2.24, 2.45) is 0 Å². The molecule has 114 valence electrons. The number of nitrogens with zero attached hydrogens (tertiary/aromatic N) is 1. The molecule has 1 aliphatic rings. The Labute approximate surface area is 149 Å². The van der Waals surface area contributed by atoms with Crippen molar-refractivity contribution in [3.63, 3.8) is 0 Å². The lowest BCUT2D eigenvalue weighted by molar-refractivity contribution is -0.0428. The van der Waals surface area contributed by atoms with Crippen molar-refractivity contribution in [1.29, 1.82) is 0 Å². The number of hydrogen-bond donors (Lipinski definition) is 2. The van der Waals surface area contributed by atoms with E-state index in [1.54, 1.807) is 16.7 Å². The van der Waals surface area contributed by atoms with E-state index < -0.39 is 18.4 Å². The maximum Gasteiger partial charge on any atom is 0.138 e. The minimum absolute atomic E-state index is 0.238. The Hall–Kier alpha value is 0.240. The smallest absolute Gasteiger partial charge is 0.138 e. The fourth-order valence-electron chi connectivity index (χ4n) is 2.55. The van der Waals surface area contributed by atoms with E-state index in [0.717, 1.165) is 14.5 Å². The summed E-state index contributed by atoms with van der Waals surface area (Å²) in [6.07, 6.45) is -1.43. The van der Waals surface area contributed by atoms with Gasteiger partial charge in [0, 0.05) is 11.8 Å². The number of aliphatic hydroxyl groups excluding tert-OH is 2. The van der Waals surface area contributed by atoms with Crippen LogP contribution in [-0.2, 0) is 4.74 Å². The molecule has 1 aromatic heterocycles. The van der Waals surface area contributed by atoms with E-state index in [2.05, 4.69) is 22.6 Å². The molecule has 0 amide bonds. The summed E-state index contributed by atoms with van der Waals surface area (Å²) in [5, 5.41) is 21.4. The van der Waals surface area contributed by atoms with E-state index in [4.69, 9.17) is 39.5 Å². The van der Waals surface area contributed by atoms with Crippen LogP contribution < -0.4 is 0 Å². The van der Waals surface area contributed by atoms with Gasteiger partial charge in [0.05, 0.1) is 31.8 Å². The van der Waals surface area contributed by atoms with Gasteiger partial charge < -0.3 is 19.5 Å². The summed E-state index contributed by atoms with van der Waals surface area (Å²) in [4.78, 5) is 0. The SMILES string of the molecule is OC[C@H]1O[C@@H](n2c(Cl)c(I)c3cc(Cl)c(Cl)cc32)C[C@@H]1O. The van der Waals surface area contributed by atoms with Crippen molar-refractivity contribution >= 4 is 68.3 Å². The minimum atomic E-state index is -0.728. The van der Waals surface area contributed by atoms with Crippen LogP contribution in [0.3, 0.4) is 0 Å². The van der Waals surface area contributed by atoms with Gasteiger partial charge in [0.25, 0.3) is 0 Å². The lowest BCUT2D eigenvalue weighted by Crippen LogP contribution is -2.24. The lowest BCUT2D eigenvalue weighted by atomic mass is 10.2. The first-order valence-corrected chi connectivity index (χ1v) is 8.43. The molecule has 2 aromatic rings. The molecule has 0 spiro atoms. The lowest BCUT2D eigenvalue weighted by Gasteiger charge is -2.16. The normalized spacial score (nSPS) is 25.9. The molecule has 0 aliphatic carbocycles. The van der Waals surface area contributed by atoms with Crippen LogP contribution in [0.25, 0.3) is 10.9 Å². The molecule has 3 atom stereocenters. The van der Waals surface area contributed by atoms with Gasteiger partial charge in [-0.2, -0.15) is 0 Å². The van der Waals surface area contributed by atoms with Crippen molar-refractivity contribution in [2.75, 3.05) is 6.61 Å². The Morgan fingerprint density at radius 1 is 1.29 bits per heavy atom. The van der Waals surface area contributed by atoms with Crippen LogP contribution in [0, 0.1) is 3.57 Å². The molecule has 1 saturated heterocycles. The summed E-state index contributed by atoms with van der Waals surface area (Å²) >= 11 is 20.7. The summed E-state index contributed by atoms with van der Waals surface area (Å²) in [5.74, 6) is 0. The fraction of sp³-hybridized carbons (Fsp3) is 0.385. The minimum Gasteiger partial charge on any atom is -0.394 e. The molecule has 21 heavy (non-hydrogen) atoms. The molecule has 3 rings (SSSR count). The molecular weight excluding hydrogens is 451 g/mol. The maximum atomic E-state index is 9.90. The van der Waals surface area contributed by atoms with Gasteiger partial charge in [-0.05, 0) is 34.7 Å². The van der Waals surface area contributed by atoms with Gasteiger partial charge in [-0.3, -0.25) is 0 Å². The van der Waals surface area contributed by atoms with Crippen LogP contribution >= 0.6 is 57.4 Å². The van der Waals surface area contributed by atoms with Crippen LogP contribution in [0.15, 0.2) is 12.1 Å². The van der Waals surface area contributed by atoms with Crippen LogP contribution in [0.5, 0.6) is 0 Å². The van der Waals surface area contributed by atoms with Gasteiger partial charge in [-0.1, -0.05) is 34.8 Å². The Morgan fingerprint density at radius 2 is 1.95 bits per heavy atom. The molecule has 0 saturated carbocycles. The van der Waals surface area contributed by atoms with Crippen molar-refractivity contribution in [2.45, 2.75) is 24.9 Å². The van der Waals surface area contributed by atoms with E-state index in [1.807, 2.05) is 0 Å². The Bertz CT molecular complexity index is 706. The number of rotatable bonds is 2. The molecule has 1 aliphatic heterocycles. The molecule has 1 aromatic carbocycles. The Kier molecular flexibility index (Phi) is 4.63.